The summed E-state index contributed by atoms with van der Waals surface area (Å²) in [7, 11) is 0. The highest BCUT2D eigenvalue weighted by Crippen LogP contribution is 2.24. The standard InChI is InChI=1S/C26H24ClF3N8O4/c27-16-7-5-15(6-8-16)23-35-37(25(42)36(23)12-20(39)26(28,29)30)13-21-32-14-38(34-21)19-4-2-1-3-18(19)24(41)31-11-17-9-10-22(40)33-17/h1-8,14,17,20,39H,9-13H2,(H,31,41)(H,33,40)/t17-,20?/m0/s1. The summed E-state index contributed by atoms with van der Waals surface area (Å²) in [5, 5.41) is 24.2. The Bertz CT molecular complexity index is 1660. The molecule has 1 saturated heterocycles. The molecular weight excluding hydrogens is 581 g/mol. The third-order valence-corrected chi connectivity index (χ3v) is 6.83. The molecule has 0 aliphatic carbocycles. The van der Waals surface area contributed by atoms with Crippen LogP contribution < -0.4 is 16.3 Å². The Morgan fingerprint density at radius 3 is 2.57 bits per heavy atom. The number of aliphatic hydroxyl groups is 1. The second kappa shape index (κ2) is 11.8. The molecule has 3 N–H and O–H groups in total. The van der Waals surface area contributed by atoms with Crippen LogP contribution in [0.4, 0.5) is 13.2 Å². The average molecular weight is 605 g/mol. The van der Waals surface area contributed by atoms with Crippen LogP contribution in [0.1, 0.15) is 29.0 Å². The summed E-state index contributed by atoms with van der Waals surface area (Å²) in [5.41, 5.74) is 0.0572. The van der Waals surface area contributed by atoms with Gasteiger partial charge in [-0.2, -0.15) is 13.2 Å². The number of halogens is 4. The van der Waals surface area contributed by atoms with Gasteiger partial charge in [-0.3, -0.25) is 14.2 Å². The lowest BCUT2D eigenvalue weighted by molar-refractivity contribution is -0.207. The largest absolute Gasteiger partial charge is 0.416 e. The van der Waals surface area contributed by atoms with Crippen molar-refractivity contribution in [1.29, 1.82) is 0 Å². The van der Waals surface area contributed by atoms with Crippen LogP contribution in [0.5, 0.6) is 0 Å². The lowest BCUT2D eigenvalue weighted by Crippen LogP contribution is -2.38. The number of para-hydroxylation sites is 1. The van der Waals surface area contributed by atoms with E-state index in [9.17, 15) is 32.7 Å². The zero-order chi connectivity index (χ0) is 30.0. The SMILES string of the molecule is O=C1CC[C@@H](CNC(=O)c2ccccc2-n2cnc(Cn3nc(-c4ccc(Cl)cc4)n(CC(O)C(F)(F)F)c3=O)n2)N1. The first-order chi connectivity index (χ1) is 20.0. The summed E-state index contributed by atoms with van der Waals surface area (Å²) >= 11 is 5.92. The second-order valence-corrected chi connectivity index (χ2v) is 10.0. The summed E-state index contributed by atoms with van der Waals surface area (Å²) in [6, 6.07) is 12.4. The van der Waals surface area contributed by atoms with Gasteiger partial charge in [-0.1, -0.05) is 23.7 Å². The summed E-state index contributed by atoms with van der Waals surface area (Å²) in [6.45, 7) is -1.13. The number of aliphatic hydroxyl groups excluding tert-OH is 1. The minimum absolute atomic E-state index is 0.0643. The highest BCUT2D eigenvalue weighted by atomic mass is 35.5. The quantitative estimate of drug-likeness (QED) is 0.264. The summed E-state index contributed by atoms with van der Waals surface area (Å²) in [5.74, 6) is -0.482. The van der Waals surface area contributed by atoms with Crippen molar-refractivity contribution in [3.05, 3.63) is 81.8 Å². The molecule has 42 heavy (non-hydrogen) atoms. The topological polar surface area (TPSA) is 149 Å². The van der Waals surface area contributed by atoms with Crippen molar-refractivity contribution < 1.29 is 27.9 Å². The molecule has 2 aromatic heterocycles. The first kappa shape index (κ1) is 29.0. The van der Waals surface area contributed by atoms with Gasteiger partial charge in [0.25, 0.3) is 5.91 Å². The van der Waals surface area contributed by atoms with Crippen molar-refractivity contribution in [2.24, 2.45) is 0 Å². The Kier molecular flexibility index (Phi) is 8.13. The number of benzene rings is 2. The van der Waals surface area contributed by atoms with E-state index in [1.807, 2.05) is 0 Å². The molecule has 1 aliphatic heterocycles. The molecule has 2 amide bonds. The molecule has 0 bridgehead atoms. The second-order valence-electron chi connectivity index (χ2n) is 9.57. The van der Waals surface area contributed by atoms with Crippen molar-refractivity contribution in [3.63, 3.8) is 0 Å². The van der Waals surface area contributed by atoms with E-state index in [1.54, 1.807) is 24.3 Å². The molecule has 16 heteroatoms. The fraction of sp³-hybridized carbons (Fsp3) is 0.308. The maximum atomic E-state index is 13.1. The van der Waals surface area contributed by atoms with Crippen LogP contribution in [0, 0.1) is 0 Å². The Hall–Kier alpha value is -4.50. The lowest BCUT2D eigenvalue weighted by atomic mass is 10.1. The molecule has 220 valence electrons. The molecule has 1 aliphatic rings. The number of aromatic nitrogens is 6. The number of carbonyl (C=O) groups excluding carboxylic acids is 2. The van der Waals surface area contributed by atoms with Crippen molar-refractivity contribution in [1.82, 2.24) is 39.7 Å². The first-order valence-corrected chi connectivity index (χ1v) is 13.1. The van der Waals surface area contributed by atoms with Crippen molar-refractivity contribution in [2.45, 2.75) is 44.3 Å². The highest BCUT2D eigenvalue weighted by Gasteiger charge is 2.39. The van der Waals surface area contributed by atoms with Gasteiger partial charge < -0.3 is 15.7 Å². The summed E-state index contributed by atoms with van der Waals surface area (Å²) < 4.78 is 42.3. The van der Waals surface area contributed by atoms with Gasteiger partial charge in [-0.15, -0.1) is 10.2 Å². The molecule has 0 spiro atoms. The molecule has 1 fully saturated rings. The van der Waals surface area contributed by atoms with E-state index in [2.05, 4.69) is 25.8 Å². The average Bonchev–Trinajstić information content (AvgIpc) is 3.67. The van der Waals surface area contributed by atoms with Gasteiger partial charge in [-0.05, 0) is 42.8 Å². The van der Waals surface area contributed by atoms with E-state index < -0.39 is 30.4 Å². The number of carbonyl (C=O) groups is 2. The van der Waals surface area contributed by atoms with E-state index in [-0.39, 0.29) is 42.3 Å². The van der Waals surface area contributed by atoms with E-state index in [0.717, 1.165) is 9.25 Å². The minimum Gasteiger partial charge on any atom is -0.382 e. The van der Waals surface area contributed by atoms with Gasteiger partial charge >= 0.3 is 11.9 Å². The summed E-state index contributed by atoms with van der Waals surface area (Å²) in [4.78, 5) is 41.7. The molecule has 4 aromatic rings. The molecule has 3 heterocycles. The van der Waals surface area contributed by atoms with Gasteiger partial charge in [0.15, 0.2) is 17.8 Å². The fourth-order valence-electron chi connectivity index (χ4n) is 4.42. The Morgan fingerprint density at radius 1 is 1.14 bits per heavy atom. The maximum absolute atomic E-state index is 13.1. The third-order valence-electron chi connectivity index (χ3n) is 6.58. The number of alkyl halides is 3. The fourth-order valence-corrected chi connectivity index (χ4v) is 4.55. The molecule has 5 rings (SSSR count). The van der Waals surface area contributed by atoms with Gasteiger partial charge in [0.1, 0.15) is 12.9 Å². The Balaban J connectivity index is 1.39. The third kappa shape index (κ3) is 6.36. The number of rotatable bonds is 9. The number of nitrogens with one attached hydrogen (secondary N) is 2. The van der Waals surface area contributed by atoms with E-state index in [0.29, 0.717) is 29.1 Å². The molecular formula is C26H24ClF3N8O4. The number of amides is 2. The first-order valence-electron chi connectivity index (χ1n) is 12.8. The molecule has 0 saturated carbocycles. The molecule has 2 aromatic carbocycles. The van der Waals surface area contributed by atoms with Crippen molar-refractivity contribution in [3.8, 4) is 17.1 Å². The smallest absolute Gasteiger partial charge is 0.382 e. The molecule has 0 radical (unpaired) electrons. The van der Waals surface area contributed by atoms with Crippen LogP contribution in [0.25, 0.3) is 17.1 Å². The van der Waals surface area contributed by atoms with Crippen LogP contribution >= 0.6 is 11.6 Å². The van der Waals surface area contributed by atoms with Crippen molar-refractivity contribution in [2.75, 3.05) is 6.54 Å². The zero-order valence-corrected chi connectivity index (χ0v) is 22.5. The van der Waals surface area contributed by atoms with Crippen molar-refractivity contribution >= 4 is 23.4 Å². The minimum atomic E-state index is -4.95. The van der Waals surface area contributed by atoms with E-state index in [4.69, 9.17) is 11.6 Å². The zero-order valence-electron chi connectivity index (χ0n) is 21.8. The van der Waals surface area contributed by atoms with Crippen LogP contribution in [-0.2, 0) is 17.9 Å². The monoisotopic (exact) mass is 604 g/mol. The van der Waals surface area contributed by atoms with Crippen LogP contribution in [0.3, 0.4) is 0 Å². The van der Waals surface area contributed by atoms with E-state index >= 15 is 0 Å². The molecule has 1 unspecified atom stereocenters. The predicted molar refractivity (Wildman–Crippen MR) is 143 cm³/mol. The highest BCUT2D eigenvalue weighted by molar-refractivity contribution is 6.30. The van der Waals surface area contributed by atoms with E-state index in [1.165, 1.54) is 35.3 Å². The normalized spacial score (nSPS) is 15.9. The van der Waals surface area contributed by atoms with Crippen LogP contribution in [-0.4, -0.2) is 70.9 Å². The van der Waals surface area contributed by atoms with Crippen LogP contribution in [0.15, 0.2) is 59.7 Å². The molecule has 12 nitrogen and oxygen atoms in total. The Morgan fingerprint density at radius 2 is 1.88 bits per heavy atom. The van der Waals surface area contributed by atoms with Gasteiger partial charge in [0.2, 0.25) is 5.91 Å². The van der Waals surface area contributed by atoms with Gasteiger partial charge in [-0.25, -0.2) is 19.1 Å². The lowest BCUT2D eigenvalue weighted by Gasteiger charge is -2.15. The number of hydrogen-bond acceptors (Lipinski definition) is 7. The van der Waals surface area contributed by atoms with Gasteiger partial charge in [0, 0.05) is 29.6 Å². The number of nitrogens with zero attached hydrogens (tertiary/aromatic N) is 6. The summed E-state index contributed by atoms with van der Waals surface area (Å²) in [6.07, 6.45) is -5.40. The molecule has 2 atom stereocenters. The number of hydrogen-bond donors (Lipinski definition) is 3. The van der Waals surface area contributed by atoms with Gasteiger partial charge in [0.05, 0.1) is 17.8 Å². The maximum Gasteiger partial charge on any atom is 0.416 e. The predicted octanol–water partition coefficient (Wildman–Crippen LogP) is 1.93. The van der Waals surface area contributed by atoms with Crippen LogP contribution in [0.2, 0.25) is 5.02 Å². The Labute approximate surface area is 240 Å².